The summed E-state index contributed by atoms with van der Waals surface area (Å²) in [5.41, 5.74) is 1.27. The summed E-state index contributed by atoms with van der Waals surface area (Å²) in [6.45, 7) is 15.5. The maximum absolute atomic E-state index is 14.3. The van der Waals surface area contributed by atoms with E-state index in [4.69, 9.17) is 4.74 Å². The predicted octanol–water partition coefficient (Wildman–Crippen LogP) is 6.31. The van der Waals surface area contributed by atoms with Crippen molar-refractivity contribution in [3.63, 3.8) is 0 Å². The molecule has 1 aliphatic carbocycles. The van der Waals surface area contributed by atoms with E-state index in [-0.39, 0.29) is 29.8 Å². The summed E-state index contributed by atoms with van der Waals surface area (Å²) in [5.74, 6) is -0.270. The lowest BCUT2D eigenvalue weighted by Crippen LogP contribution is -2.56. The molecule has 0 heterocycles. The fraction of sp³-hybridized carbons (Fsp3) is 0.710. The highest BCUT2D eigenvalue weighted by Gasteiger charge is 2.39. The molecule has 1 saturated carbocycles. The van der Waals surface area contributed by atoms with E-state index in [0.717, 1.165) is 37.7 Å². The highest BCUT2D eigenvalue weighted by Crippen LogP contribution is 2.29. The number of carbonyl (C=O) groups excluding carboxylic acids is 3. The summed E-state index contributed by atoms with van der Waals surface area (Å²) in [6, 6.07) is 6.29. The van der Waals surface area contributed by atoms with Gasteiger partial charge in [0.2, 0.25) is 11.8 Å². The monoisotopic (exact) mass is 529 g/mol. The van der Waals surface area contributed by atoms with Crippen molar-refractivity contribution in [2.75, 3.05) is 0 Å². The van der Waals surface area contributed by atoms with Crippen LogP contribution in [0.2, 0.25) is 0 Å². The molecule has 0 saturated heterocycles. The van der Waals surface area contributed by atoms with Crippen molar-refractivity contribution in [1.82, 2.24) is 15.5 Å². The molecule has 214 valence electrons. The SMILES string of the molecule is CCc1ccc(C(C(=O)NC2CCCCC2)N(C(=O)C(CC(C)C)NC(=O)OC(C)(C)C)C(C)CC)cc1. The molecule has 3 amide bonds. The third kappa shape index (κ3) is 9.63. The Morgan fingerprint density at radius 1 is 1.00 bits per heavy atom. The Balaban J connectivity index is 2.49. The lowest BCUT2D eigenvalue weighted by atomic mass is 9.93. The van der Waals surface area contributed by atoms with Crippen LogP contribution in [-0.4, -0.2) is 46.5 Å². The molecule has 2 N–H and O–H groups in total. The third-order valence-electron chi connectivity index (χ3n) is 7.20. The van der Waals surface area contributed by atoms with Gasteiger partial charge in [-0.2, -0.15) is 0 Å². The van der Waals surface area contributed by atoms with Crippen molar-refractivity contribution in [2.45, 2.75) is 137 Å². The van der Waals surface area contributed by atoms with Gasteiger partial charge in [-0.15, -0.1) is 0 Å². The first-order chi connectivity index (χ1) is 17.9. The fourth-order valence-electron chi connectivity index (χ4n) is 5.02. The molecular formula is C31H51N3O4. The Labute approximate surface area is 230 Å². The van der Waals surface area contributed by atoms with Crippen LogP contribution in [0.3, 0.4) is 0 Å². The van der Waals surface area contributed by atoms with Crippen LogP contribution < -0.4 is 10.6 Å². The van der Waals surface area contributed by atoms with Crippen LogP contribution in [0.4, 0.5) is 4.79 Å². The minimum Gasteiger partial charge on any atom is -0.444 e. The van der Waals surface area contributed by atoms with Gasteiger partial charge in [0.1, 0.15) is 17.7 Å². The number of alkyl carbamates (subject to hydrolysis) is 1. The molecule has 1 aliphatic rings. The summed E-state index contributed by atoms with van der Waals surface area (Å²) in [7, 11) is 0. The van der Waals surface area contributed by atoms with E-state index in [0.29, 0.717) is 12.8 Å². The largest absolute Gasteiger partial charge is 0.444 e. The zero-order chi connectivity index (χ0) is 28.5. The Bertz CT molecular complexity index is 901. The average Bonchev–Trinajstić information content (AvgIpc) is 2.85. The summed E-state index contributed by atoms with van der Waals surface area (Å²) in [4.78, 5) is 42.7. The van der Waals surface area contributed by atoms with E-state index in [1.165, 1.54) is 12.0 Å². The quantitative estimate of drug-likeness (QED) is 0.352. The number of benzene rings is 1. The van der Waals surface area contributed by atoms with E-state index in [1.54, 1.807) is 25.7 Å². The number of nitrogens with one attached hydrogen (secondary N) is 2. The molecule has 0 aliphatic heterocycles. The predicted molar refractivity (Wildman–Crippen MR) is 153 cm³/mol. The van der Waals surface area contributed by atoms with Crippen LogP contribution >= 0.6 is 0 Å². The van der Waals surface area contributed by atoms with Gasteiger partial charge in [-0.1, -0.05) is 71.2 Å². The topological polar surface area (TPSA) is 87.7 Å². The number of rotatable bonds is 11. The molecule has 1 aromatic carbocycles. The molecule has 38 heavy (non-hydrogen) atoms. The van der Waals surface area contributed by atoms with Gasteiger partial charge in [0.25, 0.3) is 0 Å². The maximum Gasteiger partial charge on any atom is 0.408 e. The molecule has 0 aromatic heterocycles. The van der Waals surface area contributed by atoms with Crippen LogP contribution in [0.5, 0.6) is 0 Å². The third-order valence-corrected chi connectivity index (χ3v) is 7.20. The smallest absolute Gasteiger partial charge is 0.408 e. The molecule has 3 atom stereocenters. The van der Waals surface area contributed by atoms with Crippen molar-refractivity contribution in [1.29, 1.82) is 0 Å². The molecule has 0 spiro atoms. The molecular weight excluding hydrogens is 478 g/mol. The van der Waals surface area contributed by atoms with Crippen molar-refractivity contribution >= 4 is 17.9 Å². The Morgan fingerprint density at radius 2 is 1.61 bits per heavy atom. The minimum atomic E-state index is -0.807. The average molecular weight is 530 g/mol. The second-order valence-electron chi connectivity index (χ2n) is 12.2. The van der Waals surface area contributed by atoms with Gasteiger partial charge < -0.3 is 20.3 Å². The number of carbonyl (C=O) groups is 3. The highest BCUT2D eigenvalue weighted by atomic mass is 16.6. The Morgan fingerprint density at radius 3 is 2.11 bits per heavy atom. The molecule has 1 fully saturated rings. The van der Waals surface area contributed by atoms with E-state index >= 15 is 0 Å². The van der Waals surface area contributed by atoms with Crippen molar-refractivity contribution in [3.05, 3.63) is 35.4 Å². The number of ether oxygens (including phenoxy) is 1. The molecule has 1 aromatic rings. The zero-order valence-corrected chi connectivity index (χ0v) is 24.9. The number of aryl methyl sites for hydroxylation is 1. The van der Waals surface area contributed by atoms with Crippen molar-refractivity contribution in [3.8, 4) is 0 Å². The number of hydrogen-bond donors (Lipinski definition) is 2. The van der Waals surface area contributed by atoms with Gasteiger partial charge in [0.15, 0.2) is 0 Å². The second-order valence-corrected chi connectivity index (χ2v) is 12.2. The number of hydrogen-bond acceptors (Lipinski definition) is 4. The van der Waals surface area contributed by atoms with Gasteiger partial charge >= 0.3 is 6.09 Å². The lowest BCUT2D eigenvalue weighted by Gasteiger charge is -2.39. The normalized spacial score (nSPS) is 16.9. The van der Waals surface area contributed by atoms with E-state index < -0.39 is 23.8 Å². The maximum atomic E-state index is 14.3. The zero-order valence-electron chi connectivity index (χ0n) is 24.9. The van der Waals surface area contributed by atoms with E-state index in [9.17, 15) is 14.4 Å². The number of amides is 3. The lowest BCUT2D eigenvalue weighted by molar-refractivity contribution is -0.145. The van der Waals surface area contributed by atoms with Crippen LogP contribution in [-0.2, 0) is 20.7 Å². The second kappa shape index (κ2) is 14.5. The fourth-order valence-corrected chi connectivity index (χ4v) is 5.02. The minimum absolute atomic E-state index is 0.119. The van der Waals surface area contributed by atoms with Crippen molar-refractivity contribution in [2.24, 2.45) is 5.92 Å². The first-order valence-corrected chi connectivity index (χ1v) is 14.6. The molecule has 0 bridgehead atoms. The van der Waals surface area contributed by atoms with Crippen LogP contribution in [0.25, 0.3) is 0 Å². The Kier molecular flexibility index (Phi) is 12.1. The molecule has 3 unspecified atom stereocenters. The molecule has 7 heteroatoms. The van der Waals surface area contributed by atoms with E-state index in [1.807, 2.05) is 52.0 Å². The summed E-state index contributed by atoms with van der Waals surface area (Å²) in [6.07, 6.45) is 6.69. The van der Waals surface area contributed by atoms with Gasteiger partial charge in [-0.05, 0) is 76.8 Å². The van der Waals surface area contributed by atoms with Gasteiger partial charge in [0, 0.05) is 12.1 Å². The molecule has 2 rings (SSSR count). The molecule has 0 radical (unpaired) electrons. The van der Waals surface area contributed by atoms with Crippen LogP contribution in [0, 0.1) is 5.92 Å². The number of nitrogens with zero attached hydrogens (tertiary/aromatic N) is 1. The van der Waals surface area contributed by atoms with Crippen molar-refractivity contribution < 1.29 is 19.1 Å². The van der Waals surface area contributed by atoms with Crippen LogP contribution in [0.1, 0.15) is 118 Å². The van der Waals surface area contributed by atoms with Gasteiger partial charge in [-0.25, -0.2) is 4.79 Å². The summed E-state index contributed by atoms with van der Waals surface area (Å²) < 4.78 is 5.49. The van der Waals surface area contributed by atoms with Gasteiger partial charge in [-0.3, -0.25) is 9.59 Å². The standard InChI is InChI=1S/C31H51N3O4/c1-9-22(5)34(29(36)26(20-21(3)4)33-30(37)38-31(6,7)8)27(24-18-16-23(10-2)17-19-24)28(35)32-25-14-12-11-13-15-25/h16-19,21-22,25-27H,9-15,20H2,1-8H3,(H,32,35)(H,33,37). The van der Waals surface area contributed by atoms with Gasteiger partial charge in [0.05, 0.1) is 0 Å². The Hall–Kier alpha value is -2.57. The van der Waals surface area contributed by atoms with E-state index in [2.05, 4.69) is 17.6 Å². The van der Waals surface area contributed by atoms with Crippen LogP contribution in [0.15, 0.2) is 24.3 Å². The summed E-state index contributed by atoms with van der Waals surface area (Å²) in [5, 5.41) is 6.09. The highest BCUT2D eigenvalue weighted by molar-refractivity contribution is 5.92. The molecule has 7 nitrogen and oxygen atoms in total. The first kappa shape index (κ1) is 31.6. The first-order valence-electron chi connectivity index (χ1n) is 14.6. The summed E-state index contributed by atoms with van der Waals surface area (Å²) >= 11 is 0.